The molecule has 0 saturated carbocycles. The Hall–Kier alpha value is -1.84. The number of nitrogens with two attached hydrogens (primary N) is 1. The summed E-state index contributed by atoms with van der Waals surface area (Å²) in [6.45, 7) is 3.92. The van der Waals surface area contributed by atoms with Crippen molar-refractivity contribution in [2.75, 3.05) is 5.73 Å². The molecule has 2 rings (SSSR count). The van der Waals surface area contributed by atoms with E-state index in [0.29, 0.717) is 5.95 Å². The van der Waals surface area contributed by atoms with Gasteiger partial charge in [-0.2, -0.15) is 4.98 Å². The predicted octanol–water partition coefficient (Wildman–Crippen LogP) is 1.47. The summed E-state index contributed by atoms with van der Waals surface area (Å²) in [6.07, 6.45) is 0. The van der Waals surface area contributed by atoms with Crippen molar-refractivity contribution < 1.29 is 0 Å². The van der Waals surface area contributed by atoms with E-state index in [-0.39, 0.29) is 0 Å². The zero-order valence-electron chi connectivity index (χ0n) is 8.23. The first-order valence-electron chi connectivity index (χ1n) is 4.43. The van der Waals surface area contributed by atoms with Crippen LogP contribution in [-0.4, -0.2) is 14.8 Å². The Bertz CT molecular complexity index is 459. The third-order valence-corrected chi connectivity index (χ3v) is 2.13. The highest BCUT2D eigenvalue weighted by Gasteiger charge is 2.06. The molecule has 0 atom stereocenters. The van der Waals surface area contributed by atoms with E-state index >= 15 is 0 Å². The Kier molecular flexibility index (Phi) is 1.96. The topological polar surface area (TPSA) is 56.7 Å². The Morgan fingerprint density at radius 3 is 2.50 bits per heavy atom. The molecule has 0 spiro atoms. The molecule has 2 N–H and O–H groups in total. The van der Waals surface area contributed by atoms with Crippen molar-refractivity contribution in [2.45, 2.75) is 13.8 Å². The second-order valence-corrected chi connectivity index (χ2v) is 3.22. The van der Waals surface area contributed by atoms with Crippen molar-refractivity contribution in [3.05, 3.63) is 35.7 Å². The van der Waals surface area contributed by atoms with Gasteiger partial charge in [0.15, 0.2) is 0 Å². The standard InChI is InChI=1S/C10H12N4/c1-7-5-3-4-6-9(7)14-8(2)12-10(11)13-14/h3-6H,1-2H3,(H2,11,13). The Morgan fingerprint density at radius 2 is 1.93 bits per heavy atom. The molecule has 72 valence electrons. The number of para-hydroxylation sites is 1. The van der Waals surface area contributed by atoms with Crippen LogP contribution in [0, 0.1) is 13.8 Å². The number of aromatic nitrogens is 3. The lowest BCUT2D eigenvalue weighted by atomic mass is 10.2. The molecule has 1 aromatic carbocycles. The first-order chi connectivity index (χ1) is 6.68. The maximum Gasteiger partial charge on any atom is 0.240 e. The van der Waals surface area contributed by atoms with Crippen molar-refractivity contribution in [3.8, 4) is 5.69 Å². The summed E-state index contributed by atoms with van der Waals surface area (Å²) in [5.74, 6) is 1.11. The number of hydrogen-bond acceptors (Lipinski definition) is 3. The van der Waals surface area contributed by atoms with Gasteiger partial charge in [-0.15, -0.1) is 5.10 Å². The van der Waals surface area contributed by atoms with Gasteiger partial charge in [0, 0.05) is 0 Å². The second kappa shape index (κ2) is 3.14. The molecule has 0 bridgehead atoms. The van der Waals surface area contributed by atoms with Gasteiger partial charge in [0.2, 0.25) is 5.95 Å². The molecule has 0 fully saturated rings. The summed E-state index contributed by atoms with van der Waals surface area (Å²) in [5, 5.41) is 4.12. The summed E-state index contributed by atoms with van der Waals surface area (Å²) in [5.41, 5.74) is 7.70. The molecule has 0 aliphatic heterocycles. The summed E-state index contributed by atoms with van der Waals surface area (Å²) in [4.78, 5) is 4.06. The monoisotopic (exact) mass is 188 g/mol. The summed E-state index contributed by atoms with van der Waals surface area (Å²) in [7, 11) is 0. The number of rotatable bonds is 1. The molecule has 4 heteroatoms. The highest BCUT2D eigenvalue weighted by molar-refractivity contribution is 5.40. The number of benzene rings is 1. The van der Waals surface area contributed by atoms with Gasteiger partial charge in [-0.05, 0) is 25.5 Å². The van der Waals surface area contributed by atoms with Gasteiger partial charge < -0.3 is 5.73 Å². The van der Waals surface area contributed by atoms with Crippen LogP contribution in [0.3, 0.4) is 0 Å². The van der Waals surface area contributed by atoms with E-state index in [1.165, 1.54) is 0 Å². The highest BCUT2D eigenvalue weighted by Crippen LogP contribution is 2.14. The molecule has 0 unspecified atom stereocenters. The second-order valence-electron chi connectivity index (χ2n) is 3.22. The van der Waals surface area contributed by atoms with Crippen molar-refractivity contribution >= 4 is 5.95 Å². The molecule has 0 amide bonds. The molecule has 14 heavy (non-hydrogen) atoms. The summed E-state index contributed by atoms with van der Waals surface area (Å²) in [6, 6.07) is 8.00. The fourth-order valence-corrected chi connectivity index (χ4v) is 1.44. The van der Waals surface area contributed by atoms with Crippen LogP contribution >= 0.6 is 0 Å². The summed E-state index contributed by atoms with van der Waals surface area (Å²) < 4.78 is 1.75. The minimum absolute atomic E-state index is 0.311. The lowest BCUT2D eigenvalue weighted by Gasteiger charge is -2.05. The fraction of sp³-hybridized carbons (Fsp3) is 0.200. The zero-order chi connectivity index (χ0) is 10.1. The number of hydrogen-bond donors (Lipinski definition) is 1. The van der Waals surface area contributed by atoms with Crippen LogP contribution in [0.1, 0.15) is 11.4 Å². The van der Waals surface area contributed by atoms with Crippen LogP contribution in [0.15, 0.2) is 24.3 Å². The molecule has 1 heterocycles. The highest BCUT2D eigenvalue weighted by atomic mass is 15.4. The van der Waals surface area contributed by atoms with Crippen LogP contribution in [0.5, 0.6) is 0 Å². The van der Waals surface area contributed by atoms with E-state index in [9.17, 15) is 0 Å². The Morgan fingerprint density at radius 1 is 1.21 bits per heavy atom. The van der Waals surface area contributed by atoms with Crippen LogP contribution in [0.25, 0.3) is 5.69 Å². The molecule has 2 aromatic rings. The Balaban J connectivity index is 2.60. The van der Waals surface area contributed by atoms with Gasteiger partial charge in [0.1, 0.15) is 5.82 Å². The average molecular weight is 188 g/mol. The average Bonchev–Trinajstić information content (AvgIpc) is 2.46. The van der Waals surface area contributed by atoms with E-state index in [1.54, 1.807) is 4.68 Å². The third kappa shape index (κ3) is 1.35. The largest absolute Gasteiger partial charge is 0.366 e. The first kappa shape index (κ1) is 8.74. The normalized spacial score (nSPS) is 10.4. The maximum absolute atomic E-state index is 5.52. The quantitative estimate of drug-likeness (QED) is 0.737. The van der Waals surface area contributed by atoms with Gasteiger partial charge >= 0.3 is 0 Å². The minimum atomic E-state index is 0.311. The molecule has 0 saturated heterocycles. The van der Waals surface area contributed by atoms with E-state index in [0.717, 1.165) is 17.1 Å². The van der Waals surface area contributed by atoms with Gasteiger partial charge in [-0.25, -0.2) is 4.68 Å². The zero-order valence-corrected chi connectivity index (χ0v) is 8.23. The third-order valence-electron chi connectivity index (χ3n) is 2.13. The smallest absolute Gasteiger partial charge is 0.240 e. The van der Waals surface area contributed by atoms with E-state index in [1.807, 2.05) is 38.1 Å². The maximum atomic E-state index is 5.52. The molecule has 0 radical (unpaired) electrons. The van der Waals surface area contributed by atoms with Gasteiger partial charge in [-0.3, -0.25) is 0 Å². The SMILES string of the molecule is Cc1ccccc1-n1nc(N)nc1C. The first-order valence-corrected chi connectivity index (χ1v) is 4.43. The Labute approximate surface area is 82.4 Å². The molecule has 4 nitrogen and oxygen atoms in total. The molecule has 0 aliphatic carbocycles. The van der Waals surface area contributed by atoms with Crippen molar-refractivity contribution in [1.82, 2.24) is 14.8 Å². The molecular weight excluding hydrogens is 176 g/mol. The molecule has 0 aliphatic rings. The predicted molar refractivity (Wildman–Crippen MR) is 55.2 cm³/mol. The van der Waals surface area contributed by atoms with Crippen molar-refractivity contribution in [1.29, 1.82) is 0 Å². The van der Waals surface area contributed by atoms with Gasteiger partial charge in [0.05, 0.1) is 5.69 Å². The minimum Gasteiger partial charge on any atom is -0.366 e. The van der Waals surface area contributed by atoms with Gasteiger partial charge in [0.25, 0.3) is 0 Å². The van der Waals surface area contributed by atoms with Gasteiger partial charge in [-0.1, -0.05) is 18.2 Å². The van der Waals surface area contributed by atoms with Crippen molar-refractivity contribution in [2.24, 2.45) is 0 Å². The fourth-order valence-electron chi connectivity index (χ4n) is 1.44. The van der Waals surface area contributed by atoms with E-state index in [2.05, 4.69) is 10.1 Å². The van der Waals surface area contributed by atoms with Crippen LogP contribution in [0.2, 0.25) is 0 Å². The number of aryl methyl sites for hydroxylation is 2. The van der Waals surface area contributed by atoms with Crippen LogP contribution < -0.4 is 5.73 Å². The lowest BCUT2D eigenvalue weighted by molar-refractivity contribution is 0.836. The summed E-state index contributed by atoms with van der Waals surface area (Å²) >= 11 is 0. The molecular formula is C10H12N4. The molecule has 1 aromatic heterocycles. The van der Waals surface area contributed by atoms with Crippen LogP contribution in [0.4, 0.5) is 5.95 Å². The van der Waals surface area contributed by atoms with Crippen LogP contribution in [-0.2, 0) is 0 Å². The lowest BCUT2D eigenvalue weighted by Crippen LogP contribution is -2.01. The number of nitrogen functional groups attached to an aromatic ring is 1. The number of anilines is 1. The van der Waals surface area contributed by atoms with E-state index in [4.69, 9.17) is 5.73 Å². The van der Waals surface area contributed by atoms with Crippen molar-refractivity contribution in [3.63, 3.8) is 0 Å². The number of nitrogens with zero attached hydrogens (tertiary/aromatic N) is 3. The van der Waals surface area contributed by atoms with E-state index < -0.39 is 0 Å².